The molecule has 1 unspecified atom stereocenters. The summed E-state index contributed by atoms with van der Waals surface area (Å²) >= 11 is 8.15. The van der Waals surface area contributed by atoms with E-state index < -0.39 is 11.6 Å². The molecule has 0 N–H and O–H groups in total. The van der Waals surface area contributed by atoms with Crippen molar-refractivity contribution in [2.45, 2.75) is 31.7 Å². The van der Waals surface area contributed by atoms with E-state index >= 15 is 0 Å². The molecule has 1 aromatic carbocycles. The molecule has 0 spiro atoms. The second-order valence-electron chi connectivity index (χ2n) is 5.51. The lowest BCUT2D eigenvalue weighted by Gasteiger charge is -2.23. The summed E-state index contributed by atoms with van der Waals surface area (Å²) < 4.78 is 29.4. The quantitative estimate of drug-likeness (QED) is 0.755. The molecule has 1 aromatic heterocycles. The monoisotopic (exact) mass is 330 g/mol. The zero-order valence-corrected chi connectivity index (χ0v) is 13.4. The molecule has 1 aliphatic rings. The number of aromatic nitrogens is 2. The second kappa shape index (κ2) is 6.13. The smallest absolute Gasteiger partial charge is 0.153 e. The molecular weight excluding hydrogens is 314 g/mol. The number of hydrogen-bond donors (Lipinski definition) is 0. The number of nitrogens with zero attached hydrogens (tertiary/aromatic N) is 2. The van der Waals surface area contributed by atoms with E-state index in [2.05, 4.69) is 4.98 Å². The first-order valence-electron chi connectivity index (χ1n) is 7.13. The molecule has 1 atom stereocenters. The Morgan fingerprint density at radius 3 is 2.76 bits per heavy atom. The summed E-state index contributed by atoms with van der Waals surface area (Å²) in [7, 11) is 0. The van der Waals surface area contributed by atoms with Crippen molar-refractivity contribution in [3.63, 3.8) is 0 Å². The van der Waals surface area contributed by atoms with Crippen LogP contribution >= 0.6 is 23.4 Å². The van der Waals surface area contributed by atoms with Crippen molar-refractivity contribution in [1.82, 2.24) is 9.55 Å². The van der Waals surface area contributed by atoms with Gasteiger partial charge in [0.2, 0.25) is 0 Å². The highest BCUT2D eigenvalue weighted by Gasteiger charge is 2.22. The first-order valence-corrected chi connectivity index (χ1v) is 8.72. The summed E-state index contributed by atoms with van der Waals surface area (Å²) in [6, 6.07) is 2.23. The van der Waals surface area contributed by atoms with Gasteiger partial charge in [0, 0.05) is 12.6 Å². The largest absolute Gasteiger partial charge is 0.326 e. The fraction of sp³-hybridized carbons (Fsp3) is 0.533. The first-order chi connectivity index (χ1) is 10.1. The Morgan fingerprint density at radius 2 is 2.10 bits per heavy atom. The Morgan fingerprint density at radius 1 is 1.38 bits per heavy atom. The molecule has 2 aromatic rings. The van der Waals surface area contributed by atoms with Crippen molar-refractivity contribution in [3.05, 3.63) is 29.6 Å². The van der Waals surface area contributed by atoms with E-state index in [1.54, 1.807) is 0 Å². The topological polar surface area (TPSA) is 17.8 Å². The Bertz CT molecular complexity index is 651. The average Bonchev–Trinajstić information content (AvgIpc) is 2.79. The molecule has 0 amide bonds. The van der Waals surface area contributed by atoms with Gasteiger partial charge in [-0.2, -0.15) is 11.8 Å². The van der Waals surface area contributed by atoms with Crippen molar-refractivity contribution < 1.29 is 8.78 Å². The van der Waals surface area contributed by atoms with Crippen LogP contribution in [0.1, 0.15) is 31.0 Å². The molecule has 114 valence electrons. The maximum absolute atomic E-state index is 13.9. The highest BCUT2D eigenvalue weighted by Crippen LogP contribution is 2.31. The van der Waals surface area contributed by atoms with E-state index in [1.165, 1.54) is 6.07 Å². The lowest BCUT2D eigenvalue weighted by Crippen LogP contribution is -2.18. The number of halogens is 3. The van der Waals surface area contributed by atoms with Gasteiger partial charge in [-0.1, -0.05) is 0 Å². The fourth-order valence-corrected chi connectivity index (χ4v) is 4.22. The lowest BCUT2D eigenvalue weighted by atomic mass is 10.0. The summed E-state index contributed by atoms with van der Waals surface area (Å²) in [5.41, 5.74) is 0.720. The van der Waals surface area contributed by atoms with E-state index in [0.717, 1.165) is 37.0 Å². The molecule has 0 aliphatic carbocycles. The van der Waals surface area contributed by atoms with Gasteiger partial charge >= 0.3 is 0 Å². The maximum atomic E-state index is 13.9. The van der Waals surface area contributed by atoms with Gasteiger partial charge in [-0.05, 0) is 43.3 Å². The van der Waals surface area contributed by atoms with Crippen LogP contribution in [0.5, 0.6) is 0 Å². The Kier molecular flexibility index (Phi) is 4.41. The van der Waals surface area contributed by atoms with Gasteiger partial charge in [0.25, 0.3) is 0 Å². The number of imidazole rings is 1. The van der Waals surface area contributed by atoms with Crippen LogP contribution in [-0.4, -0.2) is 21.1 Å². The van der Waals surface area contributed by atoms with Crippen LogP contribution in [0.2, 0.25) is 0 Å². The van der Waals surface area contributed by atoms with Gasteiger partial charge in [0.15, 0.2) is 5.82 Å². The predicted molar refractivity (Wildman–Crippen MR) is 84.0 cm³/mol. The van der Waals surface area contributed by atoms with Gasteiger partial charge in [-0.15, -0.1) is 11.6 Å². The zero-order chi connectivity index (χ0) is 15.0. The van der Waals surface area contributed by atoms with Gasteiger partial charge < -0.3 is 4.57 Å². The number of thioether (sulfide) groups is 1. The number of benzene rings is 1. The van der Waals surface area contributed by atoms with Gasteiger partial charge in [-0.3, -0.25) is 0 Å². The van der Waals surface area contributed by atoms with Crippen molar-refractivity contribution in [1.29, 1.82) is 0 Å². The number of fused-ring (bicyclic) bond motifs is 1. The molecule has 3 rings (SSSR count). The van der Waals surface area contributed by atoms with Crippen molar-refractivity contribution in [2.75, 3.05) is 11.5 Å². The van der Waals surface area contributed by atoms with Crippen molar-refractivity contribution in [2.24, 2.45) is 5.92 Å². The SMILES string of the molecule is CC(Cl)c1nc2c(F)cc(F)cc2n1CC1CCSCC1. The molecule has 2 nitrogen and oxygen atoms in total. The third kappa shape index (κ3) is 3.04. The number of alkyl halides is 1. The molecule has 0 radical (unpaired) electrons. The van der Waals surface area contributed by atoms with Gasteiger partial charge in [0.1, 0.15) is 17.2 Å². The van der Waals surface area contributed by atoms with Crippen LogP contribution in [-0.2, 0) is 6.54 Å². The highest BCUT2D eigenvalue weighted by atomic mass is 35.5. The number of hydrogen-bond acceptors (Lipinski definition) is 2. The minimum Gasteiger partial charge on any atom is -0.326 e. The van der Waals surface area contributed by atoms with Crippen molar-refractivity contribution >= 4 is 34.4 Å². The summed E-state index contributed by atoms with van der Waals surface area (Å²) in [5, 5.41) is -0.335. The molecule has 2 heterocycles. The predicted octanol–water partition coefficient (Wildman–Crippen LogP) is 4.76. The van der Waals surface area contributed by atoms with Crippen LogP contribution in [0.4, 0.5) is 8.78 Å². The van der Waals surface area contributed by atoms with Gasteiger partial charge in [0.05, 0.1) is 10.9 Å². The molecule has 1 aliphatic heterocycles. The molecule has 21 heavy (non-hydrogen) atoms. The molecular formula is C15H17ClF2N2S. The van der Waals surface area contributed by atoms with E-state index in [0.29, 0.717) is 17.3 Å². The summed E-state index contributed by atoms with van der Waals surface area (Å²) in [6.45, 7) is 2.54. The normalized spacial score (nSPS) is 18.3. The maximum Gasteiger partial charge on any atom is 0.153 e. The zero-order valence-electron chi connectivity index (χ0n) is 11.8. The van der Waals surface area contributed by atoms with Crippen molar-refractivity contribution in [3.8, 4) is 0 Å². The van der Waals surface area contributed by atoms with Crippen LogP contribution < -0.4 is 0 Å². The van der Waals surface area contributed by atoms with E-state index in [4.69, 9.17) is 11.6 Å². The molecule has 1 saturated heterocycles. The average molecular weight is 331 g/mol. The summed E-state index contributed by atoms with van der Waals surface area (Å²) in [5.74, 6) is 2.23. The fourth-order valence-electron chi connectivity index (χ4n) is 2.85. The van der Waals surface area contributed by atoms with Crippen LogP contribution in [0.25, 0.3) is 11.0 Å². The third-order valence-electron chi connectivity index (χ3n) is 3.94. The third-order valence-corrected chi connectivity index (χ3v) is 5.18. The summed E-state index contributed by atoms with van der Waals surface area (Å²) in [4.78, 5) is 4.30. The van der Waals surface area contributed by atoms with E-state index in [-0.39, 0.29) is 10.9 Å². The minimum atomic E-state index is -0.624. The number of rotatable bonds is 3. The second-order valence-corrected chi connectivity index (χ2v) is 7.39. The standard InChI is InChI=1S/C15H17ClF2N2S/c1-9(16)15-19-14-12(18)6-11(17)7-13(14)20(15)8-10-2-4-21-5-3-10/h6-7,9-10H,2-5,8H2,1H3. The van der Waals surface area contributed by atoms with Crippen LogP contribution in [0, 0.1) is 17.6 Å². The Hall–Kier alpha value is -0.810. The van der Waals surface area contributed by atoms with E-state index in [9.17, 15) is 8.78 Å². The Balaban J connectivity index is 2.06. The first kappa shape index (κ1) is 15.1. The van der Waals surface area contributed by atoms with Crippen LogP contribution in [0.15, 0.2) is 12.1 Å². The summed E-state index contributed by atoms with van der Waals surface area (Å²) in [6.07, 6.45) is 2.25. The van der Waals surface area contributed by atoms with E-state index in [1.807, 2.05) is 23.3 Å². The molecule has 6 heteroatoms. The van der Waals surface area contributed by atoms with Crippen LogP contribution in [0.3, 0.4) is 0 Å². The molecule has 0 saturated carbocycles. The lowest BCUT2D eigenvalue weighted by molar-refractivity contribution is 0.415. The minimum absolute atomic E-state index is 0.212. The van der Waals surface area contributed by atoms with Gasteiger partial charge in [-0.25, -0.2) is 13.8 Å². The molecule has 1 fully saturated rings. The highest BCUT2D eigenvalue weighted by molar-refractivity contribution is 7.99. The molecule has 0 bridgehead atoms. The Labute approximate surface area is 131 Å².